The summed E-state index contributed by atoms with van der Waals surface area (Å²) in [7, 11) is 0. The van der Waals surface area contributed by atoms with E-state index >= 15 is 0 Å². The Kier molecular flexibility index (Phi) is 4.36. The van der Waals surface area contributed by atoms with Crippen molar-refractivity contribution in [3.63, 3.8) is 0 Å². The Morgan fingerprint density at radius 3 is 2.85 bits per heavy atom. The molecule has 0 aliphatic heterocycles. The van der Waals surface area contributed by atoms with Gasteiger partial charge in [0.15, 0.2) is 0 Å². The van der Waals surface area contributed by atoms with Gasteiger partial charge in [0, 0.05) is 5.88 Å². The highest BCUT2D eigenvalue weighted by Crippen LogP contribution is 2.15. The largest absolute Gasteiger partial charge is 0.324 e. The third kappa shape index (κ3) is 3.09. The molecule has 0 heterocycles. The predicted octanol–water partition coefficient (Wildman–Crippen LogP) is 2.61. The minimum atomic E-state index is 0.648. The van der Waals surface area contributed by atoms with E-state index in [1.165, 1.54) is 0 Å². The smallest absolute Gasteiger partial charge is 0.0557 e. The van der Waals surface area contributed by atoms with Gasteiger partial charge in [0.05, 0.1) is 5.69 Å². The number of nitrogen functional groups attached to an aromatic ring is 1. The number of anilines is 1. The van der Waals surface area contributed by atoms with Gasteiger partial charge in [0.2, 0.25) is 0 Å². The van der Waals surface area contributed by atoms with Crippen molar-refractivity contribution < 1.29 is 0 Å². The second kappa shape index (κ2) is 5.62. The molecule has 0 spiro atoms. The fourth-order valence-corrected chi connectivity index (χ4v) is 1.17. The molecule has 13 heavy (non-hydrogen) atoms. The average Bonchev–Trinajstić information content (AvgIpc) is 2.19. The van der Waals surface area contributed by atoms with Crippen molar-refractivity contribution >= 4 is 23.4 Å². The Bertz CT molecular complexity index is 284. The summed E-state index contributed by atoms with van der Waals surface area (Å²) in [6.45, 7) is 0. The van der Waals surface area contributed by atoms with Crippen LogP contribution in [0, 0.1) is 0 Å². The van der Waals surface area contributed by atoms with E-state index in [1.54, 1.807) is 0 Å². The summed E-state index contributed by atoms with van der Waals surface area (Å²) in [5.41, 5.74) is 4.64. The minimum Gasteiger partial charge on any atom is -0.324 e. The van der Waals surface area contributed by atoms with Crippen LogP contribution < -0.4 is 11.3 Å². The van der Waals surface area contributed by atoms with E-state index in [-0.39, 0.29) is 0 Å². The summed E-state index contributed by atoms with van der Waals surface area (Å²) in [4.78, 5) is 0. The van der Waals surface area contributed by atoms with E-state index in [9.17, 15) is 0 Å². The molecule has 70 valence electrons. The average molecular weight is 197 g/mol. The van der Waals surface area contributed by atoms with Gasteiger partial charge in [-0.2, -0.15) is 0 Å². The molecule has 0 aliphatic carbocycles. The minimum absolute atomic E-state index is 0.648. The number of hydrogen-bond donors (Lipinski definition) is 2. The number of halogens is 1. The maximum Gasteiger partial charge on any atom is 0.0557 e. The SMILES string of the molecule is NNc1ccccc1C=CCCCl. The van der Waals surface area contributed by atoms with Crippen LogP contribution in [0.15, 0.2) is 30.3 Å². The number of rotatable bonds is 4. The molecular formula is C10H13ClN2. The Morgan fingerprint density at radius 2 is 2.15 bits per heavy atom. The molecule has 0 radical (unpaired) electrons. The zero-order chi connectivity index (χ0) is 9.52. The lowest BCUT2D eigenvalue weighted by molar-refractivity contribution is 1.24. The van der Waals surface area contributed by atoms with E-state index in [0.717, 1.165) is 17.7 Å². The lowest BCUT2D eigenvalue weighted by atomic mass is 10.1. The Morgan fingerprint density at radius 1 is 1.38 bits per heavy atom. The molecule has 1 aromatic carbocycles. The van der Waals surface area contributed by atoms with Crippen molar-refractivity contribution in [2.75, 3.05) is 11.3 Å². The lowest BCUT2D eigenvalue weighted by Crippen LogP contribution is -2.07. The monoisotopic (exact) mass is 196 g/mol. The third-order valence-electron chi connectivity index (χ3n) is 1.69. The van der Waals surface area contributed by atoms with Crippen molar-refractivity contribution in [3.05, 3.63) is 35.9 Å². The van der Waals surface area contributed by atoms with Gasteiger partial charge >= 0.3 is 0 Å². The van der Waals surface area contributed by atoms with Gasteiger partial charge in [0.25, 0.3) is 0 Å². The number of para-hydroxylation sites is 1. The normalized spacial score (nSPS) is 10.6. The number of hydrazine groups is 1. The third-order valence-corrected chi connectivity index (χ3v) is 1.91. The molecule has 0 amide bonds. The maximum atomic E-state index is 5.55. The second-order valence-corrected chi connectivity index (χ2v) is 2.99. The lowest BCUT2D eigenvalue weighted by Gasteiger charge is -2.03. The Hall–Kier alpha value is -0.990. The highest BCUT2D eigenvalue weighted by atomic mass is 35.5. The zero-order valence-corrected chi connectivity index (χ0v) is 8.09. The summed E-state index contributed by atoms with van der Waals surface area (Å²) >= 11 is 5.55. The number of nitrogens with one attached hydrogen (secondary N) is 1. The molecule has 0 bridgehead atoms. The van der Waals surface area contributed by atoms with Crippen LogP contribution in [0.25, 0.3) is 6.08 Å². The molecule has 0 aromatic heterocycles. The standard InChI is InChI=1S/C10H13ClN2/c11-8-4-3-6-9-5-1-2-7-10(9)13-12/h1-3,5-7,13H,4,8,12H2. The molecule has 0 fully saturated rings. The van der Waals surface area contributed by atoms with Crippen LogP contribution in [0.3, 0.4) is 0 Å². The quantitative estimate of drug-likeness (QED) is 0.442. The maximum absolute atomic E-state index is 5.55. The second-order valence-electron chi connectivity index (χ2n) is 2.61. The summed E-state index contributed by atoms with van der Waals surface area (Å²) < 4.78 is 0. The van der Waals surface area contributed by atoms with Gasteiger partial charge in [-0.05, 0) is 18.1 Å². The van der Waals surface area contributed by atoms with Crippen LogP contribution in [0.2, 0.25) is 0 Å². The van der Waals surface area contributed by atoms with Gasteiger partial charge in [-0.25, -0.2) is 0 Å². The first-order chi connectivity index (χ1) is 6.38. The Balaban J connectivity index is 2.74. The molecule has 1 aromatic rings. The zero-order valence-electron chi connectivity index (χ0n) is 7.33. The molecule has 0 saturated carbocycles. The Labute approximate surface area is 83.4 Å². The highest BCUT2D eigenvalue weighted by Gasteiger charge is 1.93. The topological polar surface area (TPSA) is 38.0 Å². The van der Waals surface area contributed by atoms with Crippen molar-refractivity contribution in [2.45, 2.75) is 6.42 Å². The molecule has 0 aliphatic rings. The van der Waals surface area contributed by atoms with Crippen molar-refractivity contribution in [1.29, 1.82) is 0 Å². The first-order valence-electron chi connectivity index (χ1n) is 4.16. The summed E-state index contributed by atoms with van der Waals surface area (Å²) in [6.07, 6.45) is 4.92. The molecule has 0 unspecified atom stereocenters. The fraction of sp³-hybridized carbons (Fsp3) is 0.200. The molecule has 1 rings (SSSR count). The predicted molar refractivity (Wildman–Crippen MR) is 58.6 cm³/mol. The van der Waals surface area contributed by atoms with Crippen LogP contribution >= 0.6 is 11.6 Å². The van der Waals surface area contributed by atoms with Crippen LogP contribution in [-0.4, -0.2) is 5.88 Å². The van der Waals surface area contributed by atoms with Crippen LogP contribution in [0.1, 0.15) is 12.0 Å². The highest BCUT2D eigenvalue weighted by molar-refractivity contribution is 6.17. The summed E-state index contributed by atoms with van der Waals surface area (Å²) in [5, 5.41) is 0. The number of benzene rings is 1. The van der Waals surface area contributed by atoms with Gasteiger partial charge in [-0.3, -0.25) is 5.84 Å². The summed E-state index contributed by atoms with van der Waals surface area (Å²) in [6, 6.07) is 7.84. The first kappa shape index (κ1) is 10.1. The molecule has 2 nitrogen and oxygen atoms in total. The first-order valence-corrected chi connectivity index (χ1v) is 4.70. The van der Waals surface area contributed by atoms with Gasteiger partial charge < -0.3 is 5.43 Å². The van der Waals surface area contributed by atoms with Gasteiger partial charge in [0.1, 0.15) is 0 Å². The van der Waals surface area contributed by atoms with Gasteiger partial charge in [-0.15, -0.1) is 11.6 Å². The number of nitrogens with two attached hydrogens (primary N) is 1. The number of hydrogen-bond acceptors (Lipinski definition) is 2. The van der Waals surface area contributed by atoms with Crippen molar-refractivity contribution in [2.24, 2.45) is 5.84 Å². The van der Waals surface area contributed by atoms with E-state index in [4.69, 9.17) is 17.4 Å². The van der Waals surface area contributed by atoms with E-state index < -0.39 is 0 Å². The van der Waals surface area contributed by atoms with Crippen LogP contribution in [-0.2, 0) is 0 Å². The fourth-order valence-electron chi connectivity index (χ4n) is 1.05. The van der Waals surface area contributed by atoms with Gasteiger partial charge in [-0.1, -0.05) is 30.4 Å². The molecule has 0 atom stereocenters. The van der Waals surface area contributed by atoms with E-state index in [2.05, 4.69) is 5.43 Å². The molecule has 3 N–H and O–H groups in total. The van der Waals surface area contributed by atoms with E-state index in [0.29, 0.717) is 5.88 Å². The van der Waals surface area contributed by atoms with E-state index in [1.807, 2.05) is 36.4 Å². The molecule has 3 heteroatoms. The summed E-state index contributed by atoms with van der Waals surface area (Å²) in [5.74, 6) is 5.99. The van der Waals surface area contributed by atoms with Crippen molar-refractivity contribution in [1.82, 2.24) is 0 Å². The molecular weight excluding hydrogens is 184 g/mol. The van der Waals surface area contributed by atoms with Crippen LogP contribution in [0.5, 0.6) is 0 Å². The molecule has 0 saturated heterocycles. The number of alkyl halides is 1. The number of allylic oxidation sites excluding steroid dienone is 1. The van der Waals surface area contributed by atoms with Crippen LogP contribution in [0.4, 0.5) is 5.69 Å². The van der Waals surface area contributed by atoms with Crippen molar-refractivity contribution in [3.8, 4) is 0 Å².